The van der Waals surface area contributed by atoms with Gasteiger partial charge in [-0.3, -0.25) is 4.90 Å². The molecule has 1 saturated heterocycles. The lowest BCUT2D eigenvalue weighted by Gasteiger charge is -2.42. The molecule has 1 atom stereocenters. The van der Waals surface area contributed by atoms with Gasteiger partial charge in [-0.05, 0) is 50.5 Å². The van der Waals surface area contributed by atoms with Gasteiger partial charge in [0.05, 0.1) is 5.56 Å². The predicted octanol–water partition coefficient (Wildman–Crippen LogP) is 4.05. The number of carbonyl (C=O) groups is 2. The molecule has 2 aromatic rings. The van der Waals surface area contributed by atoms with Gasteiger partial charge in [0, 0.05) is 32.2 Å². The highest BCUT2D eigenvalue weighted by Crippen LogP contribution is 2.20. The van der Waals surface area contributed by atoms with Crippen LogP contribution in [0.5, 0.6) is 0 Å². The molecule has 0 saturated carbocycles. The lowest BCUT2D eigenvalue weighted by molar-refractivity contribution is 0.00240. The minimum absolute atomic E-state index is 0.146. The number of benzene rings is 2. The van der Waals surface area contributed by atoms with Crippen LogP contribution in [0, 0.1) is 0 Å². The monoisotopic (exact) mass is 410 g/mol. The molecule has 2 aromatic carbocycles. The molecule has 1 N–H and O–H groups in total. The van der Waals surface area contributed by atoms with E-state index in [9.17, 15) is 9.59 Å². The number of nitrogens with zero attached hydrogens (tertiary/aromatic N) is 2. The molecule has 3 rings (SSSR count). The summed E-state index contributed by atoms with van der Waals surface area (Å²) in [5.41, 5.74) is 2.05. The third-order valence-corrected chi connectivity index (χ3v) is 5.16. The molecule has 0 aliphatic carbocycles. The molecule has 0 radical (unpaired) electrons. The first-order chi connectivity index (χ1) is 14.2. The number of rotatable bonds is 5. The third kappa shape index (κ3) is 6.07. The van der Waals surface area contributed by atoms with E-state index in [1.54, 1.807) is 17.0 Å². The van der Waals surface area contributed by atoms with E-state index in [1.165, 1.54) is 5.56 Å². The normalized spacial score (nSPS) is 17.6. The number of ether oxygens (including phenoxy) is 1. The zero-order chi connectivity index (χ0) is 21.7. The Bertz CT molecular complexity index is 859. The maximum absolute atomic E-state index is 12.6. The van der Waals surface area contributed by atoms with Crippen molar-refractivity contribution in [1.82, 2.24) is 9.80 Å². The van der Waals surface area contributed by atoms with Crippen LogP contribution in [0.2, 0.25) is 0 Å². The number of carbonyl (C=O) groups excluding carboxylic acids is 1. The Labute approximate surface area is 178 Å². The Morgan fingerprint density at radius 1 is 1.00 bits per heavy atom. The van der Waals surface area contributed by atoms with E-state index in [2.05, 4.69) is 17.0 Å². The van der Waals surface area contributed by atoms with Crippen molar-refractivity contribution in [2.24, 2.45) is 0 Å². The van der Waals surface area contributed by atoms with Gasteiger partial charge >= 0.3 is 12.1 Å². The molecule has 1 amide bonds. The van der Waals surface area contributed by atoms with Crippen LogP contribution in [-0.4, -0.2) is 58.2 Å². The SMILES string of the molecule is CC(C)(C)OC(=O)N1CCN(Cc2ccc(C(=O)O)cc2)C(Cc2ccccc2)C1. The smallest absolute Gasteiger partial charge is 0.410 e. The summed E-state index contributed by atoms with van der Waals surface area (Å²) in [5, 5.41) is 9.11. The van der Waals surface area contributed by atoms with Gasteiger partial charge in [-0.15, -0.1) is 0 Å². The van der Waals surface area contributed by atoms with Crippen molar-refractivity contribution in [2.45, 2.75) is 45.4 Å². The van der Waals surface area contributed by atoms with Crippen LogP contribution in [-0.2, 0) is 17.7 Å². The van der Waals surface area contributed by atoms with Gasteiger partial charge in [-0.25, -0.2) is 9.59 Å². The lowest BCUT2D eigenvalue weighted by atomic mass is 10.0. The van der Waals surface area contributed by atoms with E-state index in [0.29, 0.717) is 19.6 Å². The Balaban J connectivity index is 1.74. The van der Waals surface area contributed by atoms with Gasteiger partial charge < -0.3 is 14.7 Å². The van der Waals surface area contributed by atoms with Crippen LogP contribution >= 0.6 is 0 Å². The van der Waals surface area contributed by atoms with E-state index >= 15 is 0 Å². The summed E-state index contributed by atoms with van der Waals surface area (Å²) in [7, 11) is 0. The molecule has 1 fully saturated rings. The maximum atomic E-state index is 12.6. The quantitative estimate of drug-likeness (QED) is 0.805. The number of piperazine rings is 1. The summed E-state index contributed by atoms with van der Waals surface area (Å²) < 4.78 is 5.58. The first-order valence-electron chi connectivity index (χ1n) is 10.3. The molecule has 6 heteroatoms. The number of aromatic carboxylic acids is 1. The standard InChI is InChI=1S/C24H30N2O4/c1-24(2,3)30-23(29)26-14-13-25(16-19-9-11-20(12-10-19)22(27)28)21(17-26)15-18-7-5-4-6-8-18/h4-12,21H,13-17H2,1-3H3,(H,27,28). The molecule has 160 valence electrons. The maximum Gasteiger partial charge on any atom is 0.410 e. The number of hydrogen-bond acceptors (Lipinski definition) is 4. The lowest BCUT2D eigenvalue weighted by Crippen LogP contribution is -2.55. The second-order valence-electron chi connectivity index (χ2n) is 8.74. The minimum Gasteiger partial charge on any atom is -0.478 e. The molecule has 0 aromatic heterocycles. The molecule has 1 unspecified atom stereocenters. The van der Waals surface area contributed by atoms with Crippen molar-refractivity contribution >= 4 is 12.1 Å². The van der Waals surface area contributed by atoms with Crippen molar-refractivity contribution in [3.63, 3.8) is 0 Å². The van der Waals surface area contributed by atoms with Gasteiger partial charge in [-0.1, -0.05) is 42.5 Å². The van der Waals surface area contributed by atoms with Crippen LogP contribution in [0.25, 0.3) is 0 Å². The average molecular weight is 411 g/mol. The minimum atomic E-state index is -0.922. The van der Waals surface area contributed by atoms with Crippen molar-refractivity contribution < 1.29 is 19.4 Å². The molecule has 1 aliphatic rings. The summed E-state index contributed by atoms with van der Waals surface area (Å²) in [6, 6.07) is 17.4. The van der Waals surface area contributed by atoms with Crippen molar-refractivity contribution in [1.29, 1.82) is 0 Å². The van der Waals surface area contributed by atoms with E-state index in [0.717, 1.165) is 18.5 Å². The average Bonchev–Trinajstić information content (AvgIpc) is 2.69. The van der Waals surface area contributed by atoms with Crippen LogP contribution in [0.4, 0.5) is 4.79 Å². The summed E-state index contributed by atoms with van der Waals surface area (Å²) in [6.07, 6.45) is 0.555. The van der Waals surface area contributed by atoms with Crippen LogP contribution < -0.4 is 0 Å². The highest BCUT2D eigenvalue weighted by Gasteiger charge is 2.32. The van der Waals surface area contributed by atoms with Gasteiger partial charge in [0.2, 0.25) is 0 Å². The number of amides is 1. The van der Waals surface area contributed by atoms with Crippen LogP contribution in [0.1, 0.15) is 42.3 Å². The predicted molar refractivity (Wildman–Crippen MR) is 116 cm³/mol. The second-order valence-corrected chi connectivity index (χ2v) is 8.74. The Hall–Kier alpha value is -2.86. The largest absolute Gasteiger partial charge is 0.478 e. The van der Waals surface area contributed by atoms with Gasteiger partial charge in [0.1, 0.15) is 5.60 Å². The Morgan fingerprint density at radius 3 is 2.27 bits per heavy atom. The highest BCUT2D eigenvalue weighted by atomic mass is 16.6. The fourth-order valence-corrected chi connectivity index (χ4v) is 3.66. The molecular weight excluding hydrogens is 380 g/mol. The fraction of sp³-hybridized carbons (Fsp3) is 0.417. The Morgan fingerprint density at radius 2 is 1.67 bits per heavy atom. The van der Waals surface area contributed by atoms with Crippen molar-refractivity contribution in [3.05, 3.63) is 71.3 Å². The molecule has 30 heavy (non-hydrogen) atoms. The summed E-state index contributed by atoms with van der Waals surface area (Å²) >= 11 is 0. The number of carboxylic acids is 1. The summed E-state index contributed by atoms with van der Waals surface area (Å²) in [5.74, 6) is -0.922. The number of hydrogen-bond donors (Lipinski definition) is 1. The number of carboxylic acid groups (broad SMARTS) is 1. The molecule has 0 spiro atoms. The van der Waals surface area contributed by atoms with Gasteiger partial charge in [0.15, 0.2) is 0 Å². The molecule has 1 aliphatic heterocycles. The zero-order valence-corrected chi connectivity index (χ0v) is 17.9. The van der Waals surface area contributed by atoms with E-state index < -0.39 is 11.6 Å². The molecular formula is C24H30N2O4. The fourth-order valence-electron chi connectivity index (χ4n) is 3.66. The van der Waals surface area contributed by atoms with E-state index in [4.69, 9.17) is 9.84 Å². The van der Waals surface area contributed by atoms with Gasteiger partial charge in [-0.2, -0.15) is 0 Å². The van der Waals surface area contributed by atoms with Crippen LogP contribution in [0.15, 0.2) is 54.6 Å². The summed E-state index contributed by atoms with van der Waals surface area (Å²) in [4.78, 5) is 27.9. The topological polar surface area (TPSA) is 70.1 Å². The third-order valence-electron chi connectivity index (χ3n) is 5.16. The van der Waals surface area contributed by atoms with Crippen molar-refractivity contribution in [2.75, 3.05) is 19.6 Å². The van der Waals surface area contributed by atoms with E-state index in [1.807, 2.05) is 51.1 Å². The molecule has 6 nitrogen and oxygen atoms in total. The Kier molecular flexibility index (Phi) is 6.77. The second kappa shape index (κ2) is 9.30. The molecule has 1 heterocycles. The first-order valence-corrected chi connectivity index (χ1v) is 10.3. The molecule has 0 bridgehead atoms. The zero-order valence-electron chi connectivity index (χ0n) is 17.9. The highest BCUT2D eigenvalue weighted by molar-refractivity contribution is 5.87. The van der Waals surface area contributed by atoms with E-state index in [-0.39, 0.29) is 17.7 Å². The summed E-state index contributed by atoms with van der Waals surface area (Å²) in [6.45, 7) is 8.28. The van der Waals surface area contributed by atoms with Gasteiger partial charge in [0.25, 0.3) is 0 Å². The van der Waals surface area contributed by atoms with Crippen molar-refractivity contribution in [3.8, 4) is 0 Å². The van der Waals surface area contributed by atoms with Crippen LogP contribution in [0.3, 0.4) is 0 Å². The first kappa shape index (κ1) is 21.8.